The Morgan fingerprint density at radius 1 is 1.37 bits per heavy atom. The van der Waals surface area contributed by atoms with Gasteiger partial charge in [0, 0.05) is 19.0 Å². The third-order valence-corrected chi connectivity index (χ3v) is 4.34. The highest BCUT2D eigenvalue weighted by atomic mass is 16.5. The summed E-state index contributed by atoms with van der Waals surface area (Å²) in [5.74, 6) is 3.88. The molecule has 1 N–H and O–H groups in total. The average Bonchev–Trinajstić information content (AvgIpc) is 2.75. The Labute approximate surface area is 116 Å². The first-order valence-corrected chi connectivity index (χ1v) is 7.59. The quantitative estimate of drug-likeness (QED) is 0.889. The largest absolute Gasteiger partial charge is 0.339 e. The van der Waals surface area contributed by atoms with Crippen LogP contribution in [0.3, 0.4) is 0 Å². The zero-order valence-corrected chi connectivity index (χ0v) is 12.6. The van der Waals surface area contributed by atoms with Crippen LogP contribution in [0.2, 0.25) is 0 Å². The Morgan fingerprint density at radius 3 is 2.79 bits per heavy atom. The summed E-state index contributed by atoms with van der Waals surface area (Å²) in [6.45, 7) is 9.85. The van der Waals surface area contributed by atoms with E-state index in [4.69, 9.17) is 4.52 Å². The maximum absolute atomic E-state index is 5.15. The van der Waals surface area contributed by atoms with E-state index in [9.17, 15) is 0 Å². The summed E-state index contributed by atoms with van der Waals surface area (Å²) in [5.41, 5.74) is 0. The molecule has 3 unspecified atom stereocenters. The van der Waals surface area contributed by atoms with Crippen molar-refractivity contribution in [2.75, 3.05) is 6.54 Å². The van der Waals surface area contributed by atoms with E-state index in [1.807, 2.05) is 6.92 Å². The molecule has 1 fully saturated rings. The van der Waals surface area contributed by atoms with E-state index < -0.39 is 0 Å². The van der Waals surface area contributed by atoms with Crippen LogP contribution >= 0.6 is 0 Å². The minimum atomic E-state index is 0.646. The van der Waals surface area contributed by atoms with E-state index in [1.165, 1.54) is 19.3 Å². The van der Waals surface area contributed by atoms with Crippen molar-refractivity contribution in [2.45, 2.75) is 59.4 Å². The minimum absolute atomic E-state index is 0.646. The second kappa shape index (κ2) is 6.51. The molecule has 3 atom stereocenters. The van der Waals surface area contributed by atoms with Crippen molar-refractivity contribution in [3.8, 4) is 0 Å². The summed E-state index contributed by atoms with van der Waals surface area (Å²) in [6, 6.07) is 0.646. The molecule has 1 aliphatic rings. The number of nitrogens with zero attached hydrogens (tertiary/aromatic N) is 2. The topological polar surface area (TPSA) is 51.0 Å². The molecule has 4 nitrogen and oxygen atoms in total. The molecule has 0 bridgehead atoms. The van der Waals surface area contributed by atoms with Crippen LogP contribution in [0.25, 0.3) is 0 Å². The number of hydrogen-bond acceptors (Lipinski definition) is 4. The van der Waals surface area contributed by atoms with Gasteiger partial charge in [0.25, 0.3) is 0 Å². The summed E-state index contributed by atoms with van der Waals surface area (Å²) in [6.07, 6.45) is 4.86. The van der Waals surface area contributed by atoms with Gasteiger partial charge in [0.1, 0.15) is 0 Å². The third kappa shape index (κ3) is 4.03. The van der Waals surface area contributed by atoms with E-state index in [-0.39, 0.29) is 0 Å². The van der Waals surface area contributed by atoms with Crippen LogP contribution in [0.1, 0.15) is 51.7 Å². The molecule has 0 saturated heterocycles. The lowest BCUT2D eigenvalue weighted by Gasteiger charge is -2.38. The maximum atomic E-state index is 5.15. The van der Waals surface area contributed by atoms with Crippen LogP contribution in [0.4, 0.5) is 0 Å². The molecule has 2 rings (SSSR count). The lowest BCUT2D eigenvalue weighted by Crippen LogP contribution is -2.43. The maximum Gasteiger partial charge on any atom is 0.227 e. The number of aromatic nitrogens is 2. The van der Waals surface area contributed by atoms with Crippen LogP contribution < -0.4 is 5.32 Å². The van der Waals surface area contributed by atoms with Gasteiger partial charge < -0.3 is 9.84 Å². The van der Waals surface area contributed by atoms with Crippen LogP contribution in [0, 0.1) is 24.7 Å². The van der Waals surface area contributed by atoms with Gasteiger partial charge in [-0.05, 0) is 37.5 Å². The fraction of sp³-hybridized carbons (Fsp3) is 0.867. The van der Waals surface area contributed by atoms with Gasteiger partial charge in [-0.15, -0.1) is 0 Å². The molecule has 0 radical (unpaired) electrons. The number of hydrogen-bond donors (Lipinski definition) is 1. The van der Waals surface area contributed by atoms with E-state index in [2.05, 4.69) is 36.2 Å². The SMILES string of the molecule is Cc1noc(CCNC2CC(C)CCC2C(C)C)n1. The van der Waals surface area contributed by atoms with Gasteiger partial charge in [-0.25, -0.2) is 0 Å². The number of rotatable bonds is 5. The predicted octanol–water partition coefficient (Wildman–Crippen LogP) is 2.97. The van der Waals surface area contributed by atoms with E-state index in [1.54, 1.807) is 0 Å². The van der Waals surface area contributed by atoms with Crippen molar-refractivity contribution < 1.29 is 4.52 Å². The van der Waals surface area contributed by atoms with Crippen LogP contribution in [-0.4, -0.2) is 22.7 Å². The highest BCUT2D eigenvalue weighted by molar-refractivity contribution is 4.88. The molecule has 0 amide bonds. The number of aryl methyl sites for hydroxylation is 1. The molecular weight excluding hydrogens is 238 g/mol. The molecule has 19 heavy (non-hydrogen) atoms. The van der Waals surface area contributed by atoms with Gasteiger partial charge in [0.2, 0.25) is 5.89 Å². The Morgan fingerprint density at radius 2 is 2.16 bits per heavy atom. The summed E-state index contributed by atoms with van der Waals surface area (Å²) >= 11 is 0. The molecule has 0 spiro atoms. The standard InChI is InChI=1S/C15H27N3O/c1-10(2)13-6-5-11(3)9-14(13)16-8-7-15-17-12(4)18-19-15/h10-11,13-14,16H,5-9H2,1-4H3. The van der Waals surface area contributed by atoms with Crippen LogP contribution in [0.5, 0.6) is 0 Å². The van der Waals surface area contributed by atoms with E-state index in [0.717, 1.165) is 42.4 Å². The van der Waals surface area contributed by atoms with Gasteiger partial charge in [-0.2, -0.15) is 4.98 Å². The van der Waals surface area contributed by atoms with Crippen molar-refractivity contribution in [2.24, 2.45) is 17.8 Å². The van der Waals surface area contributed by atoms with Crippen molar-refractivity contribution in [1.29, 1.82) is 0 Å². The summed E-state index contributed by atoms with van der Waals surface area (Å²) in [7, 11) is 0. The van der Waals surface area contributed by atoms with Gasteiger partial charge in [0.05, 0.1) is 0 Å². The van der Waals surface area contributed by atoms with E-state index in [0.29, 0.717) is 6.04 Å². The molecule has 1 saturated carbocycles. The molecule has 1 aromatic heterocycles. The molecule has 0 aromatic carbocycles. The fourth-order valence-electron chi connectivity index (χ4n) is 3.24. The molecule has 0 aliphatic heterocycles. The molecule has 1 heterocycles. The zero-order chi connectivity index (χ0) is 13.8. The Kier molecular flexibility index (Phi) is 4.97. The van der Waals surface area contributed by atoms with E-state index >= 15 is 0 Å². The third-order valence-electron chi connectivity index (χ3n) is 4.34. The predicted molar refractivity (Wildman–Crippen MR) is 75.9 cm³/mol. The highest BCUT2D eigenvalue weighted by Gasteiger charge is 2.30. The first kappa shape index (κ1) is 14.5. The smallest absolute Gasteiger partial charge is 0.227 e. The zero-order valence-electron chi connectivity index (χ0n) is 12.6. The lowest BCUT2D eigenvalue weighted by molar-refractivity contribution is 0.170. The van der Waals surface area contributed by atoms with Gasteiger partial charge in [-0.3, -0.25) is 0 Å². The Balaban J connectivity index is 1.82. The van der Waals surface area contributed by atoms with Crippen molar-refractivity contribution in [1.82, 2.24) is 15.5 Å². The van der Waals surface area contributed by atoms with Crippen LogP contribution in [0.15, 0.2) is 4.52 Å². The second-order valence-electron chi connectivity index (χ2n) is 6.37. The molecule has 1 aromatic rings. The minimum Gasteiger partial charge on any atom is -0.339 e. The van der Waals surface area contributed by atoms with Crippen molar-refractivity contribution in [3.05, 3.63) is 11.7 Å². The Bertz CT molecular complexity index is 388. The molecule has 1 aliphatic carbocycles. The average molecular weight is 265 g/mol. The van der Waals surface area contributed by atoms with Crippen molar-refractivity contribution in [3.63, 3.8) is 0 Å². The second-order valence-corrected chi connectivity index (χ2v) is 6.37. The summed E-state index contributed by atoms with van der Waals surface area (Å²) in [4.78, 5) is 4.24. The molecular formula is C15H27N3O. The van der Waals surface area contributed by atoms with Gasteiger partial charge in [-0.1, -0.05) is 32.3 Å². The summed E-state index contributed by atoms with van der Waals surface area (Å²) < 4.78 is 5.15. The van der Waals surface area contributed by atoms with Gasteiger partial charge >= 0.3 is 0 Å². The normalized spacial score (nSPS) is 27.9. The Hall–Kier alpha value is -0.900. The first-order chi connectivity index (χ1) is 9.06. The van der Waals surface area contributed by atoms with Crippen LogP contribution in [-0.2, 0) is 6.42 Å². The molecule has 4 heteroatoms. The van der Waals surface area contributed by atoms with Gasteiger partial charge in [0.15, 0.2) is 5.82 Å². The molecule has 108 valence electrons. The summed E-state index contributed by atoms with van der Waals surface area (Å²) in [5, 5.41) is 7.54. The fourth-order valence-corrected chi connectivity index (χ4v) is 3.24. The lowest BCUT2D eigenvalue weighted by atomic mass is 9.74. The highest BCUT2D eigenvalue weighted by Crippen LogP contribution is 2.33. The monoisotopic (exact) mass is 265 g/mol. The number of nitrogens with one attached hydrogen (secondary N) is 1. The first-order valence-electron chi connectivity index (χ1n) is 7.59. The van der Waals surface area contributed by atoms with Crippen molar-refractivity contribution >= 4 is 0 Å².